The normalized spacial score (nSPS) is 22.0. The predicted molar refractivity (Wildman–Crippen MR) is 68.3 cm³/mol. The van der Waals surface area contributed by atoms with Crippen molar-refractivity contribution in [3.8, 4) is 11.9 Å². The third kappa shape index (κ3) is 3.20. The van der Waals surface area contributed by atoms with Gasteiger partial charge in [0.2, 0.25) is 0 Å². The van der Waals surface area contributed by atoms with Gasteiger partial charge in [0.05, 0.1) is 11.0 Å². The Morgan fingerprint density at radius 2 is 2.50 bits per heavy atom. The Bertz CT molecular complexity index is 543. The summed E-state index contributed by atoms with van der Waals surface area (Å²) in [6.07, 6.45) is 1.17. The number of nitro groups is 1. The summed E-state index contributed by atoms with van der Waals surface area (Å²) in [4.78, 5) is 14.2. The van der Waals surface area contributed by atoms with Crippen LogP contribution in [0.3, 0.4) is 0 Å². The SMILES string of the molecule is CC1CNCC(COc2nccc(C#N)c2[N+](=O)[O-])O1. The molecular weight excluding hydrogens is 264 g/mol. The van der Waals surface area contributed by atoms with E-state index in [1.165, 1.54) is 12.3 Å². The molecule has 0 aliphatic carbocycles. The summed E-state index contributed by atoms with van der Waals surface area (Å²) in [6.45, 7) is 3.44. The van der Waals surface area contributed by atoms with Crippen LogP contribution in [0.15, 0.2) is 12.3 Å². The predicted octanol–water partition coefficient (Wildman–Crippen LogP) is 0.617. The first kappa shape index (κ1) is 14.2. The maximum absolute atomic E-state index is 11.0. The van der Waals surface area contributed by atoms with E-state index in [1.54, 1.807) is 6.07 Å². The summed E-state index contributed by atoms with van der Waals surface area (Å²) in [7, 11) is 0. The lowest BCUT2D eigenvalue weighted by Crippen LogP contribution is -2.45. The van der Waals surface area contributed by atoms with Crippen LogP contribution >= 0.6 is 0 Å². The van der Waals surface area contributed by atoms with Gasteiger partial charge in [-0.2, -0.15) is 5.26 Å². The number of aromatic nitrogens is 1. The van der Waals surface area contributed by atoms with Crippen molar-refractivity contribution in [1.82, 2.24) is 10.3 Å². The largest absolute Gasteiger partial charge is 0.470 e. The number of nitrogens with zero attached hydrogens (tertiary/aromatic N) is 3. The summed E-state index contributed by atoms with van der Waals surface area (Å²) in [5.74, 6) is -0.157. The molecule has 1 aromatic rings. The molecule has 2 atom stereocenters. The average molecular weight is 278 g/mol. The lowest BCUT2D eigenvalue weighted by molar-refractivity contribution is -0.386. The number of pyridine rings is 1. The highest BCUT2D eigenvalue weighted by atomic mass is 16.6. The lowest BCUT2D eigenvalue weighted by Gasteiger charge is -2.28. The first-order valence-electron chi connectivity index (χ1n) is 6.14. The van der Waals surface area contributed by atoms with E-state index in [1.807, 2.05) is 6.92 Å². The lowest BCUT2D eigenvalue weighted by atomic mass is 10.2. The third-order valence-corrected chi connectivity index (χ3v) is 2.83. The molecule has 2 unspecified atom stereocenters. The zero-order valence-corrected chi connectivity index (χ0v) is 10.9. The molecule has 1 aliphatic rings. The highest BCUT2D eigenvalue weighted by Gasteiger charge is 2.25. The minimum Gasteiger partial charge on any atom is -0.470 e. The molecule has 0 aromatic carbocycles. The number of morpholine rings is 1. The monoisotopic (exact) mass is 278 g/mol. The number of rotatable bonds is 4. The van der Waals surface area contributed by atoms with Crippen molar-refractivity contribution in [3.05, 3.63) is 27.9 Å². The summed E-state index contributed by atoms with van der Waals surface area (Å²) in [5, 5.41) is 23.0. The molecule has 0 radical (unpaired) electrons. The molecule has 1 saturated heterocycles. The first-order chi connectivity index (χ1) is 9.61. The van der Waals surface area contributed by atoms with E-state index < -0.39 is 10.6 Å². The molecule has 2 rings (SSSR count). The van der Waals surface area contributed by atoms with Gasteiger partial charge >= 0.3 is 5.69 Å². The molecule has 1 N–H and O–H groups in total. The summed E-state index contributed by atoms with van der Waals surface area (Å²) in [5.41, 5.74) is -0.483. The van der Waals surface area contributed by atoms with Gasteiger partial charge in [0.25, 0.3) is 5.88 Å². The maximum atomic E-state index is 11.0. The topological polar surface area (TPSA) is 110 Å². The second-order valence-corrected chi connectivity index (χ2v) is 4.42. The van der Waals surface area contributed by atoms with Crippen LogP contribution < -0.4 is 10.1 Å². The van der Waals surface area contributed by atoms with Crippen molar-refractivity contribution in [2.45, 2.75) is 19.1 Å². The van der Waals surface area contributed by atoms with Crippen molar-refractivity contribution in [2.75, 3.05) is 19.7 Å². The van der Waals surface area contributed by atoms with Crippen molar-refractivity contribution < 1.29 is 14.4 Å². The fourth-order valence-electron chi connectivity index (χ4n) is 1.95. The second-order valence-electron chi connectivity index (χ2n) is 4.42. The Hall–Kier alpha value is -2.24. The smallest absolute Gasteiger partial charge is 0.348 e. The molecule has 1 aromatic heterocycles. The van der Waals surface area contributed by atoms with E-state index >= 15 is 0 Å². The molecule has 0 saturated carbocycles. The molecular formula is C12H14N4O4. The number of ether oxygens (including phenoxy) is 2. The first-order valence-corrected chi connectivity index (χ1v) is 6.14. The quantitative estimate of drug-likeness (QED) is 0.634. The summed E-state index contributed by atoms with van der Waals surface area (Å²) < 4.78 is 11.0. The Kier molecular flexibility index (Phi) is 4.45. The van der Waals surface area contributed by atoms with Crippen LogP contribution in [-0.4, -0.2) is 41.8 Å². The van der Waals surface area contributed by atoms with Gasteiger partial charge in [0.1, 0.15) is 24.3 Å². The molecule has 8 heteroatoms. The van der Waals surface area contributed by atoms with E-state index in [4.69, 9.17) is 14.7 Å². The Labute approximate surface area is 115 Å². The molecule has 2 heterocycles. The molecule has 1 aliphatic heterocycles. The van der Waals surface area contributed by atoms with E-state index in [2.05, 4.69) is 10.3 Å². The minimum atomic E-state index is -0.663. The van der Waals surface area contributed by atoms with Gasteiger partial charge < -0.3 is 14.8 Å². The van der Waals surface area contributed by atoms with Crippen molar-refractivity contribution >= 4 is 5.69 Å². The van der Waals surface area contributed by atoms with Crippen LogP contribution in [0.1, 0.15) is 12.5 Å². The van der Waals surface area contributed by atoms with Gasteiger partial charge in [-0.05, 0) is 13.0 Å². The zero-order chi connectivity index (χ0) is 14.5. The fraction of sp³-hybridized carbons (Fsp3) is 0.500. The van der Waals surface area contributed by atoms with Crippen LogP contribution in [0.5, 0.6) is 5.88 Å². The van der Waals surface area contributed by atoms with E-state index in [-0.39, 0.29) is 30.3 Å². The highest BCUT2D eigenvalue weighted by molar-refractivity contribution is 5.54. The molecule has 0 amide bonds. The zero-order valence-electron chi connectivity index (χ0n) is 10.9. The van der Waals surface area contributed by atoms with Crippen LogP contribution in [0.25, 0.3) is 0 Å². The Morgan fingerprint density at radius 3 is 3.15 bits per heavy atom. The Morgan fingerprint density at radius 1 is 1.70 bits per heavy atom. The summed E-state index contributed by atoms with van der Waals surface area (Å²) >= 11 is 0. The number of nitriles is 1. The standard InChI is InChI=1S/C12H14N4O4/c1-8-5-14-6-10(20-8)7-19-12-11(16(17)18)9(4-13)2-3-15-12/h2-3,8,10,14H,5-7H2,1H3. The van der Waals surface area contributed by atoms with Gasteiger partial charge in [-0.3, -0.25) is 10.1 Å². The number of hydrogen-bond acceptors (Lipinski definition) is 7. The van der Waals surface area contributed by atoms with Gasteiger partial charge in [0, 0.05) is 19.3 Å². The van der Waals surface area contributed by atoms with Crippen LogP contribution in [0.2, 0.25) is 0 Å². The molecule has 20 heavy (non-hydrogen) atoms. The van der Waals surface area contributed by atoms with Crippen molar-refractivity contribution in [1.29, 1.82) is 5.26 Å². The van der Waals surface area contributed by atoms with Crippen molar-refractivity contribution in [2.24, 2.45) is 0 Å². The van der Waals surface area contributed by atoms with Gasteiger partial charge in [-0.15, -0.1) is 0 Å². The van der Waals surface area contributed by atoms with E-state index in [9.17, 15) is 10.1 Å². The van der Waals surface area contributed by atoms with E-state index in [0.29, 0.717) is 6.54 Å². The molecule has 106 valence electrons. The van der Waals surface area contributed by atoms with Crippen LogP contribution in [0.4, 0.5) is 5.69 Å². The maximum Gasteiger partial charge on any atom is 0.348 e. The molecule has 0 bridgehead atoms. The van der Waals surface area contributed by atoms with Gasteiger partial charge in [0.15, 0.2) is 0 Å². The minimum absolute atomic E-state index is 0.0609. The third-order valence-electron chi connectivity index (χ3n) is 2.83. The number of nitrogens with one attached hydrogen (secondary N) is 1. The van der Waals surface area contributed by atoms with E-state index in [0.717, 1.165) is 6.54 Å². The molecule has 1 fully saturated rings. The average Bonchev–Trinajstić information content (AvgIpc) is 2.44. The van der Waals surface area contributed by atoms with Gasteiger partial charge in [-0.1, -0.05) is 0 Å². The second kappa shape index (κ2) is 6.27. The summed E-state index contributed by atoms with van der Waals surface area (Å²) in [6, 6.07) is 3.04. The van der Waals surface area contributed by atoms with Crippen molar-refractivity contribution in [3.63, 3.8) is 0 Å². The Balaban J connectivity index is 2.09. The number of hydrogen-bond donors (Lipinski definition) is 1. The van der Waals surface area contributed by atoms with Gasteiger partial charge in [-0.25, -0.2) is 4.98 Å². The fourth-order valence-corrected chi connectivity index (χ4v) is 1.95. The molecule has 0 spiro atoms. The highest BCUT2D eigenvalue weighted by Crippen LogP contribution is 2.27. The molecule has 8 nitrogen and oxygen atoms in total. The van der Waals surface area contributed by atoms with Crippen LogP contribution in [0, 0.1) is 21.4 Å². The van der Waals surface area contributed by atoms with Crippen LogP contribution in [-0.2, 0) is 4.74 Å².